The highest BCUT2D eigenvalue weighted by atomic mass is 16.8. The van der Waals surface area contributed by atoms with E-state index in [9.17, 15) is 61.0 Å². The molecule has 0 saturated carbocycles. The number of aliphatic hydroxyl groups excluding tert-OH is 11. The molecule has 0 aromatic heterocycles. The number of hydrogen-bond donors (Lipinski definition) is 12. The molecule has 3 saturated heterocycles. The summed E-state index contributed by atoms with van der Waals surface area (Å²) in [5.41, 5.74) is 0. The number of carbonyl (C=O) groups excluding carboxylic acids is 1. The minimum absolute atomic E-state index is 0.227. The Morgan fingerprint density at radius 1 is 0.385 bits per heavy atom. The predicted octanol–water partition coefficient (Wildman–Crippen LogP) is 11.2. The lowest BCUT2D eigenvalue weighted by atomic mass is 9.96. The lowest BCUT2D eigenvalue weighted by molar-refractivity contribution is -0.379. The average Bonchev–Trinajstić information content (AvgIpc) is 0.786. The second-order valence-corrected chi connectivity index (χ2v) is 26.4. The fourth-order valence-corrected chi connectivity index (χ4v) is 12.1. The Labute approximate surface area is 577 Å². The van der Waals surface area contributed by atoms with E-state index < -0.39 is 124 Å². The number of carbonyl (C=O) groups is 1. The van der Waals surface area contributed by atoms with Gasteiger partial charge in [0, 0.05) is 6.42 Å². The Morgan fingerprint density at radius 3 is 1.17 bits per heavy atom. The van der Waals surface area contributed by atoms with Gasteiger partial charge in [-0.2, -0.15) is 0 Å². The van der Waals surface area contributed by atoms with Gasteiger partial charge in [-0.25, -0.2) is 0 Å². The van der Waals surface area contributed by atoms with Crippen molar-refractivity contribution < 1.29 is 89.4 Å². The van der Waals surface area contributed by atoms with Crippen LogP contribution in [0, 0.1) is 0 Å². The molecule has 96 heavy (non-hydrogen) atoms. The van der Waals surface area contributed by atoms with Crippen molar-refractivity contribution in [3.8, 4) is 0 Å². The molecule has 1 amide bonds. The van der Waals surface area contributed by atoms with Crippen molar-refractivity contribution >= 4 is 5.91 Å². The van der Waals surface area contributed by atoms with E-state index in [2.05, 4.69) is 104 Å². The van der Waals surface area contributed by atoms with E-state index in [1.807, 2.05) is 6.08 Å². The zero-order valence-corrected chi connectivity index (χ0v) is 58.8. The first-order valence-corrected chi connectivity index (χ1v) is 37.5. The quantitative estimate of drug-likeness (QED) is 0.0199. The fraction of sp³-hybridized carbons (Fsp3) is 0.779. The summed E-state index contributed by atoms with van der Waals surface area (Å²) in [4.78, 5) is 13.4. The van der Waals surface area contributed by atoms with Gasteiger partial charge in [0.2, 0.25) is 5.91 Å². The number of nitrogens with one attached hydrogen (secondary N) is 1. The smallest absolute Gasteiger partial charge is 0.220 e. The van der Waals surface area contributed by atoms with Crippen molar-refractivity contribution in [1.82, 2.24) is 5.32 Å². The molecule has 0 radical (unpaired) electrons. The predicted molar refractivity (Wildman–Crippen MR) is 378 cm³/mol. The van der Waals surface area contributed by atoms with E-state index in [1.54, 1.807) is 6.08 Å². The molecule has 0 aliphatic carbocycles. The summed E-state index contributed by atoms with van der Waals surface area (Å²) < 4.78 is 34.4. The van der Waals surface area contributed by atoms with Crippen LogP contribution in [0.4, 0.5) is 0 Å². The zero-order chi connectivity index (χ0) is 69.6. The van der Waals surface area contributed by atoms with Crippen molar-refractivity contribution in [2.45, 2.75) is 356 Å². The molecule has 0 aromatic carbocycles. The van der Waals surface area contributed by atoms with Crippen LogP contribution < -0.4 is 5.32 Å². The largest absolute Gasteiger partial charge is 0.394 e. The summed E-state index contributed by atoms with van der Waals surface area (Å²) in [5.74, 6) is -0.292. The third-order valence-electron chi connectivity index (χ3n) is 18.1. The molecule has 0 aromatic rings. The minimum Gasteiger partial charge on any atom is -0.394 e. The maximum Gasteiger partial charge on any atom is 0.220 e. The number of unbranched alkanes of at least 4 members (excludes halogenated alkanes) is 27. The van der Waals surface area contributed by atoms with Gasteiger partial charge in [-0.05, 0) is 89.9 Å². The van der Waals surface area contributed by atoms with Crippen LogP contribution >= 0.6 is 0 Å². The fourth-order valence-electron chi connectivity index (χ4n) is 12.1. The Balaban J connectivity index is 1.40. The Kier molecular flexibility index (Phi) is 51.9. The molecular formula is C77H133NO18. The summed E-state index contributed by atoms with van der Waals surface area (Å²) in [6.07, 6.45) is 49.6. The molecular weight excluding hydrogens is 1230 g/mol. The van der Waals surface area contributed by atoms with Gasteiger partial charge in [0.15, 0.2) is 18.9 Å². The van der Waals surface area contributed by atoms with Crippen LogP contribution in [0.5, 0.6) is 0 Å². The van der Waals surface area contributed by atoms with Gasteiger partial charge >= 0.3 is 0 Å². The Hall–Kier alpha value is -3.29. The van der Waals surface area contributed by atoms with Crippen molar-refractivity contribution in [2.75, 3.05) is 26.4 Å². The van der Waals surface area contributed by atoms with Crippen LogP contribution in [-0.2, 0) is 33.2 Å². The number of aliphatic hydroxyl groups is 11. The van der Waals surface area contributed by atoms with E-state index in [-0.39, 0.29) is 18.9 Å². The molecule has 0 bridgehead atoms. The van der Waals surface area contributed by atoms with Crippen LogP contribution in [0.3, 0.4) is 0 Å². The first-order chi connectivity index (χ1) is 46.8. The summed E-state index contributed by atoms with van der Waals surface area (Å²) >= 11 is 0. The number of hydrogen-bond acceptors (Lipinski definition) is 18. The second-order valence-electron chi connectivity index (χ2n) is 26.4. The number of ether oxygens (including phenoxy) is 6. The molecule has 3 fully saturated rings. The summed E-state index contributed by atoms with van der Waals surface area (Å²) in [7, 11) is 0. The van der Waals surface area contributed by atoms with Gasteiger partial charge in [0.25, 0.3) is 0 Å². The van der Waals surface area contributed by atoms with Gasteiger partial charge in [-0.1, -0.05) is 252 Å². The van der Waals surface area contributed by atoms with E-state index in [0.29, 0.717) is 12.8 Å². The van der Waals surface area contributed by atoms with E-state index in [0.717, 1.165) is 83.5 Å². The van der Waals surface area contributed by atoms with Crippen LogP contribution in [0.15, 0.2) is 97.2 Å². The first kappa shape index (κ1) is 86.9. The highest BCUT2D eigenvalue weighted by Crippen LogP contribution is 2.33. The molecule has 19 heteroatoms. The third-order valence-corrected chi connectivity index (χ3v) is 18.1. The zero-order valence-electron chi connectivity index (χ0n) is 58.8. The van der Waals surface area contributed by atoms with Crippen molar-refractivity contribution in [3.05, 3.63) is 97.2 Å². The summed E-state index contributed by atoms with van der Waals surface area (Å²) in [6, 6.07) is -1.00. The monoisotopic (exact) mass is 1360 g/mol. The maximum atomic E-state index is 13.4. The Morgan fingerprint density at radius 2 is 0.729 bits per heavy atom. The number of allylic oxidation sites excluding steroid dienone is 15. The second kappa shape index (κ2) is 57.3. The van der Waals surface area contributed by atoms with Gasteiger partial charge in [0.05, 0.1) is 38.6 Å². The van der Waals surface area contributed by atoms with E-state index in [1.165, 1.54) is 135 Å². The van der Waals surface area contributed by atoms with Gasteiger partial charge in [-0.15, -0.1) is 0 Å². The average molecular weight is 1360 g/mol. The van der Waals surface area contributed by atoms with Crippen LogP contribution in [0.2, 0.25) is 0 Å². The molecule has 3 heterocycles. The molecule has 12 N–H and O–H groups in total. The topological polar surface area (TPSA) is 307 Å². The van der Waals surface area contributed by atoms with Crippen molar-refractivity contribution in [3.63, 3.8) is 0 Å². The maximum absolute atomic E-state index is 13.4. The highest BCUT2D eigenvalue weighted by Gasteiger charge is 2.53. The molecule has 3 aliphatic rings. The first-order valence-electron chi connectivity index (χ1n) is 37.5. The molecule has 17 atom stereocenters. The van der Waals surface area contributed by atoms with Crippen LogP contribution in [-0.4, -0.2) is 193 Å². The third kappa shape index (κ3) is 37.9. The molecule has 3 aliphatic heterocycles. The Bertz CT molecular complexity index is 2110. The van der Waals surface area contributed by atoms with Gasteiger partial charge in [-0.3, -0.25) is 4.79 Å². The summed E-state index contributed by atoms with van der Waals surface area (Å²) in [6.45, 7) is 1.60. The van der Waals surface area contributed by atoms with Gasteiger partial charge < -0.3 is 89.9 Å². The molecule has 17 unspecified atom stereocenters. The lowest BCUT2D eigenvalue weighted by Gasteiger charge is -2.48. The molecule has 554 valence electrons. The standard InChI is InChI=1S/C77H133NO18/c1-3-5-7-9-11-13-15-17-19-21-23-25-26-27-28-29-30-31-32-33-34-35-37-39-41-43-45-47-49-51-53-55-65(83)78-60(61(82)54-52-50-48-46-44-42-40-38-36-24-22-20-18-16-14-12-10-8-6-4-2)59-91-75-71(89)68(86)73(63(57-80)93-75)96-77-72(90)69(87)74(64(58-81)94-77)95-76-70(88)67(85)66(84)62(56-79)92-76/h5,7,11,13,17,19,23,25,27-28,36,38,44,46,52,54,60-64,66-77,79-82,84-90H,3-4,6,8-10,12,14-16,18,20-22,24,26,29-35,37,39-43,45,47-51,53,55-59H2,1-2H3,(H,78,83)/b7-5-,13-11-,19-17-,25-23-,28-27-,38-36+,46-44+,54-52+. The van der Waals surface area contributed by atoms with Crippen LogP contribution in [0.1, 0.15) is 251 Å². The summed E-state index contributed by atoms with van der Waals surface area (Å²) in [5, 5.41) is 121. The number of amides is 1. The molecule has 19 nitrogen and oxygen atoms in total. The molecule has 0 spiro atoms. The van der Waals surface area contributed by atoms with Crippen molar-refractivity contribution in [1.29, 1.82) is 0 Å². The van der Waals surface area contributed by atoms with E-state index in [4.69, 9.17) is 28.4 Å². The van der Waals surface area contributed by atoms with Crippen molar-refractivity contribution in [2.24, 2.45) is 0 Å². The highest BCUT2D eigenvalue weighted by molar-refractivity contribution is 5.76. The van der Waals surface area contributed by atoms with E-state index >= 15 is 0 Å². The SMILES string of the molecule is CC/C=C\C/C=C\C/C=C\C/C=C\C/C=C\CCCCCCCCCCCCCCCCCC(=O)NC(COC1OC(CO)C(OC2OC(CO)C(OC3OC(CO)C(O)C(O)C3O)C(O)C2O)C(O)C1O)C(O)/C=C/CC/C=C/CC/C=C/CCCCCCCCCCCC. The lowest BCUT2D eigenvalue weighted by Crippen LogP contribution is -2.66. The number of rotatable bonds is 57. The molecule has 3 rings (SSSR count). The minimum atomic E-state index is -1.99. The van der Waals surface area contributed by atoms with Crippen LogP contribution in [0.25, 0.3) is 0 Å². The van der Waals surface area contributed by atoms with Gasteiger partial charge in [0.1, 0.15) is 73.2 Å². The normalized spacial score (nSPS) is 27.6.